The van der Waals surface area contributed by atoms with E-state index >= 15 is 0 Å². The molecule has 0 radical (unpaired) electrons. The van der Waals surface area contributed by atoms with E-state index in [0.717, 1.165) is 32.6 Å². The highest BCUT2D eigenvalue weighted by Crippen LogP contribution is 2.15. The van der Waals surface area contributed by atoms with Gasteiger partial charge in [0.2, 0.25) is 0 Å². The summed E-state index contributed by atoms with van der Waals surface area (Å²) in [5, 5.41) is 13.1. The SMILES string of the molecule is CCN(CC)CCNC(CO)c1ccc(CC(C)C)cc1. The van der Waals surface area contributed by atoms with Gasteiger partial charge in [0, 0.05) is 13.1 Å². The molecule has 0 amide bonds. The second kappa shape index (κ2) is 9.93. The van der Waals surface area contributed by atoms with Gasteiger partial charge in [-0.05, 0) is 36.6 Å². The van der Waals surface area contributed by atoms with Crippen LogP contribution in [0.25, 0.3) is 0 Å². The van der Waals surface area contributed by atoms with Gasteiger partial charge in [0.15, 0.2) is 0 Å². The number of hydrogen-bond acceptors (Lipinski definition) is 3. The number of benzene rings is 1. The Morgan fingerprint density at radius 3 is 2.19 bits per heavy atom. The van der Waals surface area contributed by atoms with Crippen molar-refractivity contribution in [3.8, 4) is 0 Å². The molecule has 3 nitrogen and oxygen atoms in total. The summed E-state index contributed by atoms with van der Waals surface area (Å²) in [6.07, 6.45) is 1.11. The molecule has 1 rings (SSSR count). The molecule has 0 heterocycles. The van der Waals surface area contributed by atoms with Crippen LogP contribution in [0, 0.1) is 5.92 Å². The number of likely N-dealkylation sites (N-methyl/N-ethyl adjacent to an activating group) is 1. The molecular weight excluding hydrogens is 260 g/mol. The first kappa shape index (κ1) is 18.1. The second-order valence-electron chi connectivity index (χ2n) is 6.06. The molecule has 0 aliphatic carbocycles. The van der Waals surface area contributed by atoms with Gasteiger partial charge in [0.25, 0.3) is 0 Å². The zero-order valence-electron chi connectivity index (χ0n) is 14.1. The van der Waals surface area contributed by atoms with Crippen LogP contribution in [-0.4, -0.2) is 42.8 Å². The topological polar surface area (TPSA) is 35.5 Å². The Kier molecular flexibility index (Phi) is 8.58. The van der Waals surface area contributed by atoms with Crippen LogP contribution in [-0.2, 0) is 6.42 Å². The van der Waals surface area contributed by atoms with E-state index in [-0.39, 0.29) is 12.6 Å². The minimum atomic E-state index is 0.0358. The van der Waals surface area contributed by atoms with Gasteiger partial charge in [-0.2, -0.15) is 0 Å². The summed E-state index contributed by atoms with van der Waals surface area (Å²) in [4.78, 5) is 2.38. The van der Waals surface area contributed by atoms with Crippen LogP contribution >= 0.6 is 0 Å². The zero-order chi connectivity index (χ0) is 15.7. The summed E-state index contributed by atoms with van der Waals surface area (Å²) in [5.74, 6) is 0.677. The standard InChI is InChI=1S/C18H32N2O/c1-5-20(6-2)12-11-19-18(14-21)17-9-7-16(8-10-17)13-15(3)4/h7-10,15,18-19,21H,5-6,11-14H2,1-4H3. The average molecular weight is 292 g/mol. The van der Waals surface area contributed by atoms with Crippen LogP contribution in [0.4, 0.5) is 0 Å². The van der Waals surface area contributed by atoms with Crippen LogP contribution in [0.5, 0.6) is 0 Å². The van der Waals surface area contributed by atoms with Gasteiger partial charge >= 0.3 is 0 Å². The lowest BCUT2D eigenvalue weighted by Gasteiger charge is -2.22. The number of nitrogens with one attached hydrogen (secondary N) is 1. The summed E-state index contributed by atoms with van der Waals surface area (Å²) in [7, 11) is 0. The zero-order valence-corrected chi connectivity index (χ0v) is 14.1. The molecular formula is C18H32N2O. The lowest BCUT2D eigenvalue weighted by Crippen LogP contribution is -2.34. The van der Waals surface area contributed by atoms with Gasteiger partial charge in [0.05, 0.1) is 12.6 Å². The molecule has 0 fully saturated rings. The molecule has 0 aromatic heterocycles. The van der Waals surface area contributed by atoms with E-state index < -0.39 is 0 Å². The first-order valence-corrected chi connectivity index (χ1v) is 8.26. The van der Waals surface area contributed by atoms with Crippen molar-refractivity contribution in [2.75, 3.05) is 32.8 Å². The van der Waals surface area contributed by atoms with Crippen LogP contribution in [0.2, 0.25) is 0 Å². The van der Waals surface area contributed by atoms with Gasteiger partial charge in [0.1, 0.15) is 0 Å². The molecule has 120 valence electrons. The fraction of sp³-hybridized carbons (Fsp3) is 0.667. The largest absolute Gasteiger partial charge is 0.394 e. The van der Waals surface area contributed by atoms with Crippen molar-refractivity contribution >= 4 is 0 Å². The van der Waals surface area contributed by atoms with Gasteiger partial charge in [-0.15, -0.1) is 0 Å². The van der Waals surface area contributed by atoms with Crippen LogP contribution in [0.15, 0.2) is 24.3 Å². The molecule has 1 unspecified atom stereocenters. The van der Waals surface area contributed by atoms with Crippen molar-refractivity contribution in [2.24, 2.45) is 5.92 Å². The molecule has 0 spiro atoms. The highest BCUT2D eigenvalue weighted by Gasteiger charge is 2.10. The lowest BCUT2D eigenvalue weighted by molar-refractivity contribution is 0.233. The van der Waals surface area contributed by atoms with Crippen molar-refractivity contribution in [2.45, 2.75) is 40.2 Å². The Labute approximate surface area is 130 Å². The summed E-state index contributed by atoms with van der Waals surface area (Å²) in [5.41, 5.74) is 2.54. The van der Waals surface area contributed by atoms with E-state index in [0.29, 0.717) is 5.92 Å². The average Bonchev–Trinajstić information content (AvgIpc) is 2.48. The minimum absolute atomic E-state index is 0.0358. The quantitative estimate of drug-likeness (QED) is 0.696. The predicted octanol–water partition coefficient (Wildman–Crippen LogP) is 2.85. The van der Waals surface area contributed by atoms with Gasteiger partial charge < -0.3 is 15.3 Å². The number of nitrogens with zero attached hydrogens (tertiary/aromatic N) is 1. The maximum absolute atomic E-state index is 9.60. The van der Waals surface area contributed by atoms with Crippen LogP contribution in [0.3, 0.4) is 0 Å². The van der Waals surface area contributed by atoms with Crippen LogP contribution in [0.1, 0.15) is 44.9 Å². The molecule has 3 heteroatoms. The van der Waals surface area contributed by atoms with Gasteiger partial charge in [-0.25, -0.2) is 0 Å². The van der Waals surface area contributed by atoms with Crippen molar-refractivity contribution in [3.05, 3.63) is 35.4 Å². The fourth-order valence-electron chi connectivity index (χ4n) is 2.58. The van der Waals surface area contributed by atoms with E-state index in [1.54, 1.807) is 0 Å². The number of hydrogen-bond donors (Lipinski definition) is 2. The Balaban J connectivity index is 2.51. The predicted molar refractivity (Wildman–Crippen MR) is 90.6 cm³/mol. The van der Waals surface area contributed by atoms with E-state index in [2.05, 4.69) is 62.2 Å². The third-order valence-electron chi connectivity index (χ3n) is 3.92. The maximum atomic E-state index is 9.60. The monoisotopic (exact) mass is 292 g/mol. The number of rotatable bonds is 10. The van der Waals surface area contributed by atoms with E-state index in [1.165, 1.54) is 11.1 Å². The normalized spacial score (nSPS) is 13.1. The molecule has 2 N–H and O–H groups in total. The van der Waals surface area contributed by atoms with Gasteiger partial charge in [-0.1, -0.05) is 52.0 Å². The second-order valence-corrected chi connectivity index (χ2v) is 6.06. The van der Waals surface area contributed by atoms with Crippen molar-refractivity contribution in [3.63, 3.8) is 0 Å². The molecule has 0 saturated heterocycles. The molecule has 0 bridgehead atoms. The van der Waals surface area contributed by atoms with E-state index in [4.69, 9.17) is 0 Å². The first-order chi connectivity index (χ1) is 10.1. The molecule has 1 atom stereocenters. The summed E-state index contributed by atoms with van der Waals surface area (Å²) in [6.45, 7) is 13.1. The number of aliphatic hydroxyl groups excluding tert-OH is 1. The molecule has 0 aliphatic heterocycles. The highest BCUT2D eigenvalue weighted by atomic mass is 16.3. The first-order valence-electron chi connectivity index (χ1n) is 8.26. The highest BCUT2D eigenvalue weighted by molar-refractivity contribution is 5.25. The Morgan fingerprint density at radius 1 is 1.10 bits per heavy atom. The Hall–Kier alpha value is -0.900. The van der Waals surface area contributed by atoms with E-state index in [1.807, 2.05) is 0 Å². The summed E-state index contributed by atoms with van der Waals surface area (Å²) in [6, 6.07) is 8.69. The van der Waals surface area contributed by atoms with E-state index in [9.17, 15) is 5.11 Å². The fourth-order valence-corrected chi connectivity index (χ4v) is 2.58. The lowest BCUT2D eigenvalue weighted by atomic mass is 9.99. The molecule has 0 saturated carbocycles. The van der Waals surface area contributed by atoms with Crippen molar-refractivity contribution in [1.29, 1.82) is 0 Å². The molecule has 1 aromatic rings. The molecule has 0 aliphatic rings. The summed E-state index contributed by atoms with van der Waals surface area (Å²) < 4.78 is 0. The van der Waals surface area contributed by atoms with Crippen molar-refractivity contribution < 1.29 is 5.11 Å². The summed E-state index contributed by atoms with van der Waals surface area (Å²) >= 11 is 0. The van der Waals surface area contributed by atoms with Gasteiger partial charge in [-0.3, -0.25) is 0 Å². The number of aliphatic hydroxyl groups is 1. The third kappa shape index (κ3) is 6.60. The maximum Gasteiger partial charge on any atom is 0.0626 e. The Morgan fingerprint density at radius 2 is 1.71 bits per heavy atom. The van der Waals surface area contributed by atoms with Crippen LogP contribution < -0.4 is 5.32 Å². The molecule has 21 heavy (non-hydrogen) atoms. The smallest absolute Gasteiger partial charge is 0.0626 e. The Bertz CT molecular complexity index is 371. The minimum Gasteiger partial charge on any atom is -0.394 e. The molecule has 1 aromatic carbocycles. The van der Waals surface area contributed by atoms with Crippen molar-refractivity contribution in [1.82, 2.24) is 10.2 Å². The third-order valence-corrected chi connectivity index (χ3v) is 3.92.